The summed E-state index contributed by atoms with van der Waals surface area (Å²) < 4.78 is 2.16. The van der Waals surface area contributed by atoms with Gasteiger partial charge in [-0.3, -0.25) is 0 Å². The fraction of sp³-hybridized carbons (Fsp3) is 0.364. The number of nitrogens with zero attached hydrogens (tertiary/aromatic N) is 2. The van der Waals surface area contributed by atoms with E-state index in [-0.39, 0.29) is 5.54 Å². The van der Waals surface area contributed by atoms with Crippen LogP contribution in [-0.4, -0.2) is 15.1 Å². The molecule has 0 bridgehead atoms. The van der Waals surface area contributed by atoms with E-state index in [2.05, 4.69) is 15.6 Å². The van der Waals surface area contributed by atoms with E-state index in [1.165, 1.54) is 5.52 Å². The maximum Gasteiger partial charge on any atom is 0.0958 e. The predicted octanol–water partition coefficient (Wildman–Crippen LogP) is 1.53. The zero-order valence-corrected chi connectivity index (χ0v) is 7.98. The number of para-hydroxylation sites is 2. The Morgan fingerprint density at radius 3 is 2.93 bits per heavy atom. The zero-order valence-electron chi connectivity index (χ0n) is 7.98. The molecule has 1 saturated carbocycles. The van der Waals surface area contributed by atoms with Gasteiger partial charge < -0.3 is 10.3 Å². The van der Waals surface area contributed by atoms with Gasteiger partial charge in [0, 0.05) is 12.1 Å². The molecule has 1 aromatic heterocycles. The Labute approximate surface area is 82.5 Å². The molecule has 1 fully saturated rings. The Bertz CT molecular complexity index is 468. The summed E-state index contributed by atoms with van der Waals surface area (Å²) in [6.07, 6.45) is 4.16. The monoisotopic (exact) mass is 187 g/mol. The molecule has 0 atom stereocenters. The summed E-state index contributed by atoms with van der Waals surface area (Å²) in [6.45, 7) is 0.896. The maximum absolute atomic E-state index is 6.08. The third kappa shape index (κ3) is 1.21. The van der Waals surface area contributed by atoms with E-state index in [4.69, 9.17) is 5.73 Å². The SMILES string of the molecule is NC1(Cn2cnc3ccccc32)CC1. The molecule has 0 unspecified atom stereocenters. The van der Waals surface area contributed by atoms with E-state index in [1.807, 2.05) is 24.5 Å². The zero-order chi connectivity index (χ0) is 9.60. The molecule has 72 valence electrons. The highest BCUT2D eigenvalue weighted by Gasteiger charge is 2.38. The first-order valence-corrected chi connectivity index (χ1v) is 4.96. The highest BCUT2D eigenvalue weighted by atomic mass is 15.1. The van der Waals surface area contributed by atoms with Crippen LogP contribution in [0.1, 0.15) is 12.8 Å². The molecule has 2 aromatic rings. The molecule has 1 heterocycles. The topological polar surface area (TPSA) is 43.8 Å². The normalized spacial score (nSPS) is 18.6. The standard InChI is InChI=1S/C11H13N3/c12-11(5-6-11)7-14-8-13-9-3-1-2-4-10(9)14/h1-4,8H,5-7,12H2. The second kappa shape index (κ2) is 2.58. The van der Waals surface area contributed by atoms with Crippen molar-refractivity contribution in [2.24, 2.45) is 5.73 Å². The maximum atomic E-state index is 6.08. The number of benzene rings is 1. The lowest BCUT2D eigenvalue weighted by Crippen LogP contribution is -2.27. The first-order valence-electron chi connectivity index (χ1n) is 4.96. The molecule has 1 aromatic carbocycles. The number of hydrogen-bond donors (Lipinski definition) is 1. The summed E-state index contributed by atoms with van der Waals surface area (Å²) >= 11 is 0. The average Bonchev–Trinajstić information content (AvgIpc) is 2.77. The van der Waals surface area contributed by atoms with Gasteiger partial charge in [0.05, 0.1) is 17.4 Å². The van der Waals surface area contributed by atoms with Crippen molar-refractivity contribution in [2.45, 2.75) is 24.9 Å². The molecule has 0 radical (unpaired) electrons. The van der Waals surface area contributed by atoms with Crippen molar-refractivity contribution in [1.82, 2.24) is 9.55 Å². The van der Waals surface area contributed by atoms with Crippen molar-refractivity contribution in [3.63, 3.8) is 0 Å². The van der Waals surface area contributed by atoms with Gasteiger partial charge in [0.15, 0.2) is 0 Å². The van der Waals surface area contributed by atoms with Gasteiger partial charge in [-0.25, -0.2) is 4.98 Å². The first-order chi connectivity index (χ1) is 6.77. The minimum absolute atomic E-state index is 0.0451. The van der Waals surface area contributed by atoms with Gasteiger partial charge in [-0.1, -0.05) is 12.1 Å². The molecule has 14 heavy (non-hydrogen) atoms. The smallest absolute Gasteiger partial charge is 0.0958 e. The van der Waals surface area contributed by atoms with Crippen molar-refractivity contribution in [3.8, 4) is 0 Å². The second-order valence-electron chi connectivity index (χ2n) is 4.22. The minimum Gasteiger partial charge on any atom is -0.329 e. The lowest BCUT2D eigenvalue weighted by molar-refractivity contribution is 0.553. The molecule has 3 rings (SSSR count). The van der Waals surface area contributed by atoms with Crippen molar-refractivity contribution >= 4 is 11.0 Å². The summed E-state index contributed by atoms with van der Waals surface area (Å²) in [7, 11) is 0. The summed E-state index contributed by atoms with van der Waals surface area (Å²) in [5.74, 6) is 0. The van der Waals surface area contributed by atoms with E-state index in [0.717, 1.165) is 24.9 Å². The molecular weight excluding hydrogens is 174 g/mol. The quantitative estimate of drug-likeness (QED) is 0.774. The van der Waals surface area contributed by atoms with Crippen molar-refractivity contribution in [2.75, 3.05) is 0 Å². The van der Waals surface area contributed by atoms with Crippen LogP contribution in [0.15, 0.2) is 30.6 Å². The molecule has 3 nitrogen and oxygen atoms in total. The lowest BCUT2D eigenvalue weighted by Gasteiger charge is -2.09. The van der Waals surface area contributed by atoms with Crippen LogP contribution < -0.4 is 5.73 Å². The van der Waals surface area contributed by atoms with Gasteiger partial charge >= 0.3 is 0 Å². The Morgan fingerprint density at radius 2 is 2.14 bits per heavy atom. The van der Waals surface area contributed by atoms with Crippen LogP contribution in [0.3, 0.4) is 0 Å². The Morgan fingerprint density at radius 1 is 1.36 bits per heavy atom. The van der Waals surface area contributed by atoms with Crippen LogP contribution >= 0.6 is 0 Å². The molecule has 3 heteroatoms. The molecule has 0 saturated heterocycles. The van der Waals surface area contributed by atoms with Crippen LogP contribution in [0, 0.1) is 0 Å². The van der Waals surface area contributed by atoms with Gasteiger partial charge in [0.25, 0.3) is 0 Å². The minimum atomic E-state index is 0.0451. The fourth-order valence-electron chi connectivity index (χ4n) is 1.79. The van der Waals surface area contributed by atoms with Crippen LogP contribution in [0.25, 0.3) is 11.0 Å². The molecule has 0 amide bonds. The van der Waals surface area contributed by atoms with Crippen LogP contribution in [0.2, 0.25) is 0 Å². The van der Waals surface area contributed by atoms with E-state index in [9.17, 15) is 0 Å². The van der Waals surface area contributed by atoms with Crippen molar-refractivity contribution in [3.05, 3.63) is 30.6 Å². The van der Waals surface area contributed by atoms with Crippen molar-refractivity contribution < 1.29 is 0 Å². The first kappa shape index (κ1) is 8.00. The lowest BCUT2D eigenvalue weighted by atomic mass is 10.2. The largest absolute Gasteiger partial charge is 0.329 e. The highest BCUT2D eigenvalue weighted by molar-refractivity contribution is 5.74. The fourth-order valence-corrected chi connectivity index (χ4v) is 1.79. The summed E-state index contributed by atoms with van der Waals surface area (Å²) in [5, 5.41) is 0. The number of nitrogens with two attached hydrogens (primary N) is 1. The van der Waals surface area contributed by atoms with Gasteiger partial charge in [-0.05, 0) is 25.0 Å². The van der Waals surface area contributed by atoms with Crippen molar-refractivity contribution in [1.29, 1.82) is 0 Å². The van der Waals surface area contributed by atoms with E-state index in [1.54, 1.807) is 0 Å². The van der Waals surface area contributed by atoms with Gasteiger partial charge in [0.1, 0.15) is 0 Å². The Hall–Kier alpha value is -1.35. The second-order valence-corrected chi connectivity index (χ2v) is 4.22. The molecule has 1 aliphatic carbocycles. The van der Waals surface area contributed by atoms with Crippen LogP contribution in [-0.2, 0) is 6.54 Å². The van der Waals surface area contributed by atoms with Crippen LogP contribution in [0.4, 0.5) is 0 Å². The summed E-state index contributed by atoms with van der Waals surface area (Å²) in [5.41, 5.74) is 8.36. The molecule has 1 aliphatic rings. The Balaban J connectivity index is 2.04. The Kier molecular flexibility index (Phi) is 1.47. The number of fused-ring (bicyclic) bond motifs is 1. The highest BCUT2D eigenvalue weighted by Crippen LogP contribution is 2.34. The third-order valence-electron chi connectivity index (χ3n) is 2.90. The molecule has 0 aliphatic heterocycles. The van der Waals surface area contributed by atoms with E-state index in [0.29, 0.717) is 0 Å². The van der Waals surface area contributed by atoms with Gasteiger partial charge in [0.2, 0.25) is 0 Å². The number of imidazole rings is 1. The summed E-state index contributed by atoms with van der Waals surface area (Å²) in [6, 6.07) is 8.17. The summed E-state index contributed by atoms with van der Waals surface area (Å²) in [4.78, 5) is 4.34. The van der Waals surface area contributed by atoms with E-state index >= 15 is 0 Å². The molecule has 2 N–H and O–H groups in total. The molecular formula is C11H13N3. The molecule has 0 spiro atoms. The average molecular weight is 187 g/mol. The third-order valence-corrected chi connectivity index (χ3v) is 2.90. The van der Waals surface area contributed by atoms with Crippen LogP contribution in [0.5, 0.6) is 0 Å². The predicted molar refractivity (Wildman–Crippen MR) is 55.9 cm³/mol. The number of aromatic nitrogens is 2. The van der Waals surface area contributed by atoms with Gasteiger partial charge in [-0.15, -0.1) is 0 Å². The number of hydrogen-bond acceptors (Lipinski definition) is 2. The van der Waals surface area contributed by atoms with E-state index < -0.39 is 0 Å². The number of rotatable bonds is 2. The van der Waals surface area contributed by atoms with Gasteiger partial charge in [-0.2, -0.15) is 0 Å².